The van der Waals surface area contributed by atoms with E-state index < -0.39 is 44.1 Å². The van der Waals surface area contributed by atoms with Crippen LogP contribution in [0.25, 0.3) is 0 Å². The molecule has 0 aliphatic rings. The molecule has 0 heterocycles. The number of hydrogen-bond donors (Lipinski definition) is 0. The van der Waals surface area contributed by atoms with Crippen LogP contribution in [0.4, 0.5) is 0 Å². The van der Waals surface area contributed by atoms with E-state index in [4.69, 9.17) is 0 Å². The van der Waals surface area contributed by atoms with Crippen LogP contribution in [0.1, 0.15) is 0 Å². The van der Waals surface area contributed by atoms with Crippen LogP contribution >= 0.6 is 0 Å². The van der Waals surface area contributed by atoms with Gasteiger partial charge in [0.05, 0.1) is 0 Å². The zero-order valence-corrected chi connectivity index (χ0v) is 7.72. The summed E-state index contributed by atoms with van der Waals surface area (Å²) >= 11 is -3.31. The zero-order valence-electron chi connectivity index (χ0n) is 2.62. The van der Waals surface area contributed by atoms with Crippen molar-refractivity contribution in [1.82, 2.24) is 0 Å². The van der Waals surface area contributed by atoms with E-state index in [2.05, 4.69) is 1.29 Å². The molecule has 6 heavy (non-hydrogen) atoms. The number of hydrogen-bond acceptors (Lipinski definition) is 3. The first-order valence-electron chi connectivity index (χ1n) is 0.730. The zero-order chi connectivity index (χ0) is 4.12. The van der Waals surface area contributed by atoms with Gasteiger partial charge in [-0.05, 0) is 0 Å². The van der Waals surface area contributed by atoms with Crippen molar-refractivity contribution in [2.45, 2.75) is 0 Å². The first-order valence-corrected chi connectivity index (χ1v) is 4.90. The molecule has 0 aliphatic carbocycles. The average molecular weight is 310 g/mol. The molecule has 0 unspecified atom stereocenters. The monoisotopic (exact) mass is 308 g/mol. The van der Waals surface area contributed by atoms with Crippen LogP contribution < -0.4 is 0 Å². The summed E-state index contributed by atoms with van der Waals surface area (Å²) in [7, 11) is 0. The van der Waals surface area contributed by atoms with Gasteiger partial charge in [-0.15, -0.1) is 0 Å². The van der Waals surface area contributed by atoms with Gasteiger partial charge in [-0.2, -0.15) is 0 Å². The minimum atomic E-state index is -1.66. The van der Waals surface area contributed by atoms with E-state index in [1.165, 1.54) is 0 Å². The fraction of sp³-hybridized carbons (Fsp3) is 0. The van der Waals surface area contributed by atoms with Crippen LogP contribution in [0.2, 0.25) is 0 Å². The third-order valence-electron chi connectivity index (χ3n) is 0.0667. The second-order valence-electron chi connectivity index (χ2n) is 0.231. The van der Waals surface area contributed by atoms with Crippen LogP contribution in [-0.4, -0.2) is 49.5 Å². The first kappa shape index (κ1) is 10.2. The van der Waals surface area contributed by atoms with Gasteiger partial charge in [-0.25, -0.2) is 0 Å². The Hall–Kier alpha value is 1.16. The topological polar surface area (TPSA) is 74.9 Å². The Balaban J connectivity index is 0. The fourth-order valence-electron chi connectivity index (χ4n) is 0.0136. The predicted octanol–water partition coefficient (Wildman–Crippen LogP) is -1.89. The normalized spacial score (nSPS) is 5.33. The summed E-state index contributed by atoms with van der Waals surface area (Å²) in [5.41, 5.74) is 0. The van der Waals surface area contributed by atoms with Gasteiger partial charge in [-0.3, -0.25) is 0 Å². The molecule has 0 fully saturated rings. The van der Waals surface area contributed by atoms with Gasteiger partial charge in [0.2, 0.25) is 0 Å². The van der Waals surface area contributed by atoms with E-state index in [0.29, 0.717) is 0 Å². The predicted molar refractivity (Wildman–Crippen MR) is 17.6 cm³/mol. The molecule has 0 atom stereocenters. The van der Waals surface area contributed by atoms with Crippen LogP contribution in [0, 0.1) is 0 Å². The molecule has 6 heteroatoms. The molecule has 0 bridgehead atoms. The van der Waals surface area contributed by atoms with E-state index >= 15 is 0 Å². The molecule has 0 aromatic carbocycles. The summed E-state index contributed by atoms with van der Waals surface area (Å²) in [5.74, 6) is 0. The van der Waals surface area contributed by atoms with Crippen molar-refractivity contribution in [2.75, 3.05) is 0 Å². The van der Waals surface area contributed by atoms with Crippen molar-refractivity contribution in [2.24, 2.45) is 0 Å². The van der Waals surface area contributed by atoms with Crippen LogP contribution in [-0.2, 0) is 7.33 Å². The van der Waals surface area contributed by atoms with Gasteiger partial charge in [0, 0.05) is 0 Å². The molecule has 0 spiro atoms. The van der Waals surface area contributed by atoms with Crippen LogP contribution in [0.3, 0.4) is 0 Å². The quantitative estimate of drug-likeness (QED) is 0.560. The van der Waals surface area contributed by atoms with Crippen molar-refractivity contribution in [1.29, 1.82) is 0 Å². The number of rotatable bonds is 2. The molecule has 4 nitrogen and oxygen atoms in total. The van der Waals surface area contributed by atoms with E-state index in [9.17, 15) is 6.03 Å². The third kappa shape index (κ3) is 8.94. The van der Waals surface area contributed by atoms with E-state index in [0.717, 1.165) is 0 Å². The first-order chi connectivity index (χ1) is 2.41. The molecule has 0 saturated carbocycles. The van der Waals surface area contributed by atoms with Gasteiger partial charge in [-0.1, -0.05) is 0 Å². The molecule has 0 aliphatic heterocycles. The fourth-order valence-corrected chi connectivity index (χ4v) is 0.612. The standard InChI is InChI=1S/H2O.3O.2Sb/h1H2;;;;;. The Morgan fingerprint density at radius 3 is 1.50 bits per heavy atom. The second-order valence-corrected chi connectivity index (χ2v) is 4.67. The maximum atomic E-state index is 9.30. The van der Waals surface area contributed by atoms with Crippen molar-refractivity contribution < 1.29 is 12.8 Å². The summed E-state index contributed by atoms with van der Waals surface area (Å²) < 4.78 is 22.6. The Bertz CT molecular complexity index is 34.8. The summed E-state index contributed by atoms with van der Waals surface area (Å²) in [6.45, 7) is 0. The maximum absolute atomic E-state index is 9.30. The molecule has 0 aromatic heterocycles. The Morgan fingerprint density at radius 1 is 1.17 bits per heavy atom. The van der Waals surface area contributed by atoms with Gasteiger partial charge < -0.3 is 5.48 Å². The van der Waals surface area contributed by atoms with Gasteiger partial charge in [0.15, 0.2) is 0 Å². The average Bonchev–Trinajstić information content (AvgIpc) is 1.41. The molecule has 2 N–H and O–H groups in total. The summed E-state index contributed by atoms with van der Waals surface area (Å²) in [6.07, 6.45) is 0. The minimum absolute atomic E-state index is 0. The molecular weight excluding hydrogens is 308 g/mol. The summed E-state index contributed by atoms with van der Waals surface area (Å²) in [5, 5.41) is 0. The Morgan fingerprint density at radius 2 is 1.50 bits per heavy atom. The molecule has 0 saturated heterocycles. The van der Waals surface area contributed by atoms with Crippen LogP contribution in [0.5, 0.6) is 0 Å². The molecule has 0 aromatic rings. The van der Waals surface area contributed by atoms with E-state index in [1.54, 1.807) is 0 Å². The SMILES string of the molecule is O.[O]=[Sb][O][Sb]=[O]. The van der Waals surface area contributed by atoms with Gasteiger partial charge in [0.1, 0.15) is 0 Å². The summed E-state index contributed by atoms with van der Waals surface area (Å²) in [6, 6.07) is 0. The van der Waals surface area contributed by atoms with Gasteiger partial charge in [0.25, 0.3) is 0 Å². The molecular formula is H2O4Sb2. The Kier molecular flexibility index (Phi) is 16.1. The molecule has 36 valence electrons. The second kappa shape index (κ2) is 9.48. The van der Waals surface area contributed by atoms with E-state index in [-0.39, 0.29) is 5.48 Å². The van der Waals surface area contributed by atoms with Crippen molar-refractivity contribution in [3.63, 3.8) is 0 Å². The van der Waals surface area contributed by atoms with Gasteiger partial charge >= 0.3 is 51.4 Å². The van der Waals surface area contributed by atoms with Crippen molar-refractivity contribution >= 4 is 44.1 Å². The molecule has 0 rings (SSSR count). The van der Waals surface area contributed by atoms with Crippen molar-refractivity contribution in [3.8, 4) is 0 Å². The Labute approximate surface area is 56.5 Å². The third-order valence-corrected chi connectivity index (χ3v) is 3.00. The van der Waals surface area contributed by atoms with Crippen molar-refractivity contribution in [3.05, 3.63) is 0 Å². The summed E-state index contributed by atoms with van der Waals surface area (Å²) in [4.78, 5) is 0. The van der Waals surface area contributed by atoms with E-state index in [1.807, 2.05) is 0 Å². The van der Waals surface area contributed by atoms with Crippen LogP contribution in [0.15, 0.2) is 0 Å². The molecule has 0 amide bonds. The molecule has 0 radical (unpaired) electrons.